The maximum absolute atomic E-state index is 13.4. The number of nitrogens with one attached hydrogen (secondary N) is 1. The van der Waals surface area contributed by atoms with E-state index in [1.165, 1.54) is 0 Å². The Balaban J connectivity index is 1.71. The molecule has 5 heteroatoms. The first-order valence-corrected chi connectivity index (χ1v) is 9.70. The number of nitrogens with zero attached hydrogens (tertiary/aromatic N) is 2. The lowest BCUT2D eigenvalue weighted by atomic mass is 10.1. The fourth-order valence-corrected chi connectivity index (χ4v) is 3.93. The summed E-state index contributed by atoms with van der Waals surface area (Å²) in [5.41, 5.74) is 5.39. The highest BCUT2D eigenvalue weighted by atomic mass is 16.2. The minimum atomic E-state index is -0.431. The monoisotopic (exact) mass is 393 g/mol. The summed E-state index contributed by atoms with van der Waals surface area (Å²) in [6.45, 7) is 0. The van der Waals surface area contributed by atoms with Crippen LogP contribution in [0.2, 0.25) is 0 Å². The van der Waals surface area contributed by atoms with Gasteiger partial charge in [0.15, 0.2) is 0 Å². The zero-order valence-electron chi connectivity index (χ0n) is 16.4. The fourth-order valence-electron chi connectivity index (χ4n) is 3.93. The van der Waals surface area contributed by atoms with Crippen LogP contribution in [0.25, 0.3) is 27.8 Å². The van der Waals surface area contributed by atoms with Gasteiger partial charge in [0.05, 0.1) is 11.0 Å². The third-order valence-corrected chi connectivity index (χ3v) is 5.37. The van der Waals surface area contributed by atoms with Gasteiger partial charge in [-0.05, 0) is 35.9 Å². The largest absolute Gasteiger partial charge is 0.329 e. The zero-order valence-corrected chi connectivity index (χ0v) is 16.4. The molecule has 5 aromatic rings. The Morgan fingerprint density at radius 2 is 1.33 bits per heavy atom. The second-order valence-corrected chi connectivity index (χ2v) is 7.16. The van der Waals surface area contributed by atoms with E-state index < -0.39 is 11.8 Å². The number of hydrogen-bond donors (Lipinski definition) is 1. The van der Waals surface area contributed by atoms with Crippen LogP contribution in [-0.4, -0.2) is 20.8 Å². The van der Waals surface area contributed by atoms with Crippen molar-refractivity contribution >= 4 is 28.5 Å². The molecule has 0 aliphatic heterocycles. The van der Waals surface area contributed by atoms with Gasteiger partial charge < -0.3 is 4.57 Å². The second-order valence-electron chi connectivity index (χ2n) is 7.16. The number of carbonyl (C=O) groups excluding carboxylic acids is 2. The number of amides is 2. The van der Waals surface area contributed by atoms with E-state index in [-0.39, 0.29) is 0 Å². The van der Waals surface area contributed by atoms with E-state index in [2.05, 4.69) is 9.88 Å². The molecule has 2 heterocycles. The molecule has 0 aliphatic carbocycles. The molecule has 0 bridgehead atoms. The lowest BCUT2D eigenvalue weighted by molar-refractivity contribution is 0.0846. The first-order valence-electron chi connectivity index (χ1n) is 9.70. The molecule has 3 aromatic carbocycles. The summed E-state index contributed by atoms with van der Waals surface area (Å²) in [7, 11) is 1.98. The number of carbonyl (C=O) groups is 2. The number of fused-ring (bicyclic) bond motifs is 3. The molecule has 0 spiro atoms. The lowest BCUT2D eigenvalue weighted by Crippen LogP contribution is -2.31. The van der Waals surface area contributed by atoms with Gasteiger partial charge in [-0.3, -0.25) is 19.3 Å². The Bertz CT molecular complexity index is 1400. The van der Waals surface area contributed by atoms with Gasteiger partial charge in [-0.2, -0.15) is 0 Å². The maximum atomic E-state index is 13.4. The number of aromatic nitrogens is 2. The number of rotatable bonds is 3. The van der Waals surface area contributed by atoms with Crippen molar-refractivity contribution < 1.29 is 9.59 Å². The van der Waals surface area contributed by atoms with Crippen molar-refractivity contribution in [2.45, 2.75) is 0 Å². The molecule has 2 amide bonds. The lowest BCUT2D eigenvalue weighted by Gasteiger charge is -2.08. The summed E-state index contributed by atoms with van der Waals surface area (Å²) in [5.74, 6) is -0.853. The van der Waals surface area contributed by atoms with Crippen LogP contribution >= 0.6 is 0 Å². The SMILES string of the molecule is Cn1c2ccccc2n2c(C(=O)NC(=O)c3ccccc3)c(-c3ccccc3)cc12. The molecule has 0 saturated heterocycles. The molecule has 0 saturated carbocycles. The van der Waals surface area contributed by atoms with Gasteiger partial charge in [-0.25, -0.2) is 0 Å². The van der Waals surface area contributed by atoms with Crippen molar-refractivity contribution in [2.24, 2.45) is 7.05 Å². The molecule has 30 heavy (non-hydrogen) atoms. The predicted molar refractivity (Wildman–Crippen MR) is 118 cm³/mol. The minimum absolute atomic E-state index is 0.421. The number of hydrogen-bond acceptors (Lipinski definition) is 2. The highest BCUT2D eigenvalue weighted by Crippen LogP contribution is 2.32. The molecule has 1 N–H and O–H groups in total. The number of imidazole rings is 1. The predicted octanol–water partition coefficient (Wildman–Crippen LogP) is 4.67. The van der Waals surface area contributed by atoms with E-state index in [9.17, 15) is 9.59 Å². The minimum Gasteiger partial charge on any atom is -0.329 e. The number of aryl methyl sites for hydroxylation is 1. The molecule has 0 atom stereocenters. The van der Waals surface area contributed by atoms with E-state index in [0.717, 1.165) is 27.8 Å². The highest BCUT2D eigenvalue weighted by molar-refractivity contribution is 6.13. The second kappa shape index (κ2) is 7.04. The summed E-state index contributed by atoms with van der Waals surface area (Å²) in [6, 6.07) is 28.4. The number of para-hydroxylation sites is 2. The molecular weight excluding hydrogens is 374 g/mol. The van der Waals surface area contributed by atoms with E-state index >= 15 is 0 Å². The molecule has 0 unspecified atom stereocenters. The third kappa shape index (κ3) is 2.79. The molecule has 146 valence electrons. The topological polar surface area (TPSA) is 55.5 Å². The van der Waals surface area contributed by atoms with Gasteiger partial charge in [-0.15, -0.1) is 0 Å². The van der Waals surface area contributed by atoms with Crippen molar-refractivity contribution in [1.82, 2.24) is 14.3 Å². The van der Waals surface area contributed by atoms with Crippen LogP contribution in [0.3, 0.4) is 0 Å². The van der Waals surface area contributed by atoms with Crippen LogP contribution in [0.15, 0.2) is 91.0 Å². The molecule has 0 aliphatic rings. The average Bonchev–Trinajstić information content (AvgIpc) is 3.31. The Morgan fingerprint density at radius 1 is 0.733 bits per heavy atom. The van der Waals surface area contributed by atoms with Gasteiger partial charge in [0.25, 0.3) is 11.8 Å². The normalized spacial score (nSPS) is 11.1. The summed E-state index contributed by atoms with van der Waals surface area (Å²) >= 11 is 0. The van der Waals surface area contributed by atoms with Crippen molar-refractivity contribution in [3.05, 3.63) is 102 Å². The summed E-state index contributed by atoms with van der Waals surface area (Å²) < 4.78 is 3.98. The standard InChI is InChI=1S/C25H19N3O2/c1-27-20-14-8-9-15-21(20)28-22(27)16-19(17-10-4-2-5-11-17)23(28)25(30)26-24(29)18-12-6-3-7-13-18/h2-16H,1H3,(H,26,29,30). The van der Waals surface area contributed by atoms with Crippen molar-refractivity contribution in [2.75, 3.05) is 0 Å². The maximum Gasteiger partial charge on any atom is 0.275 e. The Labute approximate surface area is 173 Å². The van der Waals surface area contributed by atoms with E-state index in [1.807, 2.05) is 78.2 Å². The highest BCUT2D eigenvalue weighted by Gasteiger charge is 2.24. The molecule has 2 aromatic heterocycles. The number of imide groups is 1. The van der Waals surface area contributed by atoms with Crippen LogP contribution in [0.4, 0.5) is 0 Å². The van der Waals surface area contributed by atoms with Gasteiger partial charge in [0.2, 0.25) is 0 Å². The van der Waals surface area contributed by atoms with Crippen LogP contribution in [0, 0.1) is 0 Å². The molecular formula is C25H19N3O2. The van der Waals surface area contributed by atoms with E-state index in [4.69, 9.17) is 0 Å². The van der Waals surface area contributed by atoms with Gasteiger partial charge in [0.1, 0.15) is 11.3 Å². The molecule has 5 nitrogen and oxygen atoms in total. The molecule has 0 fully saturated rings. The Kier molecular flexibility index (Phi) is 4.21. The van der Waals surface area contributed by atoms with Crippen molar-refractivity contribution in [3.63, 3.8) is 0 Å². The van der Waals surface area contributed by atoms with Gasteiger partial charge >= 0.3 is 0 Å². The van der Waals surface area contributed by atoms with Crippen molar-refractivity contribution in [3.8, 4) is 11.1 Å². The Hall–Kier alpha value is -4.12. The van der Waals surface area contributed by atoms with Crippen LogP contribution in [0.1, 0.15) is 20.8 Å². The molecule has 0 radical (unpaired) electrons. The smallest absolute Gasteiger partial charge is 0.275 e. The van der Waals surface area contributed by atoms with Crippen LogP contribution < -0.4 is 5.32 Å². The van der Waals surface area contributed by atoms with E-state index in [0.29, 0.717) is 11.3 Å². The first-order chi connectivity index (χ1) is 14.6. The quantitative estimate of drug-likeness (QED) is 0.453. The fraction of sp³-hybridized carbons (Fsp3) is 0.0400. The third-order valence-electron chi connectivity index (χ3n) is 5.37. The molecule has 5 rings (SSSR count). The van der Waals surface area contributed by atoms with Gasteiger partial charge in [-0.1, -0.05) is 60.7 Å². The summed E-state index contributed by atoms with van der Waals surface area (Å²) in [6.07, 6.45) is 0. The zero-order chi connectivity index (χ0) is 20.7. The van der Waals surface area contributed by atoms with E-state index in [1.54, 1.807) is 24.3 Å². The number of benzene rings is 3. The van der Waals surface area contributed by atoms with Crippen molar-refractivity contribution in [1.29, 1.82) is 0 Å². The summed E-state index contributed by atoms with van der Waals surface area (Å²) in [5, 5.41) is 2.57. The van der Waals surface area contributed by atoms with Crippen LogP contribution in [0.5, 0.6) is 0 Å². The van der Waals surface area contributed by atoms with Gasteiger partial charge in [0, 0.05) is 18.2 Å². The average molecular weight is 393 g/mol. The van der Waals surface area contributed by atoms with Crippen LogP contribution in [-0.2, 0) is 7.05 Å². The Morgan fingerprint density at radius 3 is 2.03 bits per heavy atom. The summed E-state index contributed by atoms with van der Waals surface area (Å²) in [4.78, 5) is 26.0. The first kappa shape index (κ1) is 17.9.